The van der Waals surface area contributed by atoms with Crippen LogP contribution < -0.4 is 14.7 Å². The minimum absolute atomic E-state index is 1.13. The lowest BCUT2D eigenvalue weighted by Crippen LogP contribution is -2.10. The highest BCUT2D eigenvalue weighted by molar-refractivity contribution is 5.87. The quantitative estimate of drug-likeness (QED) is 0.0848. The minimum atomic E-state index is 1.13. The minimum Gasteiger partial charge on any atom is -0.311 e. The maximum atomic E-state index is 2.45. The Bertz CT molecular complexity index is 3990. The first-order valence-corrected chi connectivity index (χ1v) is 40.6. The van der Waals surface area contributed by atoms with E-state index in [9.17, 15) is 0 Å². The Morgan fingerprint density at radius 3 is 0.419 bits per heavy atom. The van der Waals surface area contributed by atoms with Gasteiger partial charge >= 0.3 is 0 Å². The van der Waals surface area contributed by atoms with Crippen LogP contribution in [0.15, 0.2) is 270 Å². The van der Waals surface area contributed by atoms with Gasteiger partial charge in [-0.05, 0) is 348 Å². The Morgan fingerprint density at radius 1 is 0.143 bits per heavy atom. The summed E-state index contributed by atoms with van der Waals surface area (Å²) in [5.41, 5.74) is 34.6. The van der Waals surface area contributed by atoms with Crippen molar-refractivity contribution >= 4 is 87.6 Å². The Kier molecular flexibility index (Phi) is 22.4. The van der Waals surface area contributed by atoms with Gasteiger partial charge in [0.15, 0.2) is 0 Å². The molecule has 0 N–H and O–H groups in total. The fourth-order valence-electron chi connectivity index (χ4n) is 17.5. The first-order chi connectivity index (χ1) is 51.9. The number of nitrogens with zero attached hydrogens (tertiary/aromatic N) is 3. The molecule has 6 saturated carbocycles. The predicted molar refractivity (Wildman–Crippen MR) is 453 cm³/mol. The van der Waals surface area contributed by atoms with Gasteiger partial charge in [-0.25, -0.2) is 0 Å². The van der Waals surface area contributed by atoms with Crippen molar-refractivity contribution in [3.8, 4) is 33.4 Å². The Labute approximate surface area is 627 Å². The lowest BCUT2D eigenvalue weighted by Gasteiger charge is -2.26. The van der Waals surface area contributed by atoms with E-state index in [1.54, 1.807) is 33.4 Å². The van der Waals surface area contributed by atoms with E-state index in [4.69, 9.17) is 0 Å². The molecular formula is C102H105N3. The molecule has 0 radical (unpaired) electrons. The second kappa shape index (κ2) is 33.9. The van der Waals surface area contributed by atoms with Crippen LogP contribution in [0.25, 0.3) is 69.8 Å². The molecule has 10 aromatic rings. The summed E-state index contributed by atoms with van der Waals surface area (Å²) in [6.45, 7) is 0. The highest BCUT2D eigenvalue weighted by Crippen LogP contribution is 2.44. The second-order valence-electron chi connectivity index (χ2n) is 31.2. The highest BCUT2D eigenvalue weighted by atomic mass is 15.2. The zero-order valence-electron chi connectivity index (χ0n) is 62.0. The molecule has 6 aliphatic rings. The molecule has 3 heteroatoms. The van der Waals surface area contributed by atoms with Gasteiger partial charge in [0.1, 0.15) is 0 Å². The lowest BCUT2D eigenvalue weighted by molar-refractivity contribution is 0.602. The topological polar surface area (TPSA) is 9.72 Å². The first kappa shape index (κ1) is 69.4. The summed E-state index contributed by atoms with van der Waals surface area (Å²) in [5, 5.41) is 0. The fraction of sp³-hybridized carbons (Fsp3) is 0.294. The molecule has 0 atom stereocenters. The van der Waals surface area contributed by atoms with E-state index < -0.39 is 0 Å². The van der Waals surface area contributed by atoms with E-state index >= 15 is 0 Å². The maximum absolute atomic E-state index is 2.45. The van der Waals surface area contributed by atoms with Gasteiger partial charge in [-0.15, -0.1) is 0 Å². The van der Waals surface area contributed by atoms with Crippen molar-refractivity contribution < 1.29 is 0 Å². The first-order valence-electron chi connectivity index (χ1n) is 40.6. The smallest absolute Gasteiger partial charge is 0.0462 e. The number of rotatable bonds is 18. The van der Waals surface area contributed by atoms with Gasteiger partial charge in [-0.3, -0.25) is 0 Å². The summed E-state index contributed by atoms with van der Waals surface area (Å²) in [6, 6.07) is 91.1. The molecule has 3 nitrogen and oxygen atoms in total. The molecule has 16 rings (SSSR count). The molecule has 6 aliphatic carbocycles. The van der Waals surface area contributed by atoms with Crippen LogP contribution in [0, 0.1) is 0 Å². The molecule has 0 aliphatic heterocycles. The van der Waals surface area contributed by atoms with E-state index in [0.717, 1.165) is 51.2 Å². The van der Waals surface area contributed by atoms with Gasteiger partial charge in [0.2, 0.25) is 0 Å². The molecule has 0 spiro atoms. The monoisotopic (exact) mass is 1370 g/mol. The molecule has 0 saturated heterocycles. The normalized spacial score (nSPS) is 16.5. The van der Waals surface area contributed by atoms with Gasteiger partial charge in [0.05, 0.1) is 0 Å². The van der Waals surface area contributed by atoms with E-state index in [0.29, 0.717) is 0 Å². The molecule has 105 heavy (non-hydrogen) atoms. The molecule has 0 amide bonds. The van der Waals surface area contributed by atoms with Gasteiger partial charge < -0.3 is 14.7 Å². The number of benzene rings is 10. The molecule has 10 aromatic carbocycles. The molecular weight excluding hydrogens is 1270 g/mol. The fourth-order valence-corrected chi connectivity index (χ4v) is 17.5. The van der Waals surface area contributed by atoms with Crippen molar-refractivity contribution in [1.82, 2.24) is 0 Å². The van der Waals surface area contributed by atoms with Crippen LogP contribution in [-0.4, -0.2) is 0 Å². The standard InChI is InChI=1S/C102H105N3/c1-7-19-76(20-8-1)67-82-31-49-94(50-32-82)103(95-51-33-83(34-52-95)68-77-21-9-2-10-22-77)100-61-43-88(44-62-100)91-73-92(89-45-63-101(64-46-89)104(96-53-35-84(36-54-96)69-78-23-11-3-12-24-78)97-55-37-85(38-56-97)70-79-25-13-4-14-26-79)75-93(74-91)90-47-65-102(66-48-90)105(98-57-39-86(40-58-98)71-80-27-15-5-16-28-80)99-59-41-87(42-60-99)72-81-29-17-6-18-30-81/h31-75H,1-30H2. The largest absolute Gasteiger partial charge is 0.311 e. The summed E-state index contributed by atoms with van der Waals surface area (Å²) in [4.78, 5) is 7.32. The third kappa shape index (κ3) is 17.7. The Morgan fingerprint density at radius 2 is 0.276 bits per heavy atom. The van der Waals surface area contributed by atoms with Crippen molar-refractivity contribution in [2.45, 2.75) is 193 Å². The molecule has 528 valence electrons. The number of anilines is 9. The summed E-state index contributed by atoms with van der Waals surface area (Å²) in [6.07, 6.45) is 53.0. The Balaban J connectivity index is 0.765. The average molecular weight is 1370 g/mol. The van der Waals surface area contributed by atoms with Crippen LogP contribution >= 0.6 is 0 Å². The van der Waals surface area contributed by atoms with E-state index in [1.807, 2.05) is 0 Å². The van der Waals surface area contributed by atoms with Gasteiger partial charge in [0.25, 0.3) is 0 Å². The average Bonchev–Trinajstić information content (AvgIpc) is 0.792. The van der Waals surface area contributed by atoms with Crippen LogP contribution in [0.4, 0.5) is 51.2 Å². The van der Waals surface area contributed by atoms with Crippen molar-refractivity contribution in [3.63, 3.8) is 0 Å². The van der Waals surface area contributed by atoms with Crippen LogP contribution in [0.5, 0.6) is 0 Å². The third-order valence-electron chi connectivity index (χ3n) is 23.4. The zero-order valence-corrected chi connectivity index (χ0v) is 62.0. The third-order valence-corrected chi connectivity index (χ3v) is 23.4. The van der Waals surface area contributed by atoms with Crippen molar-refractivity contribution in [2.75, 3.05) is 14.7 Å². The SMILES string of the molecule is C(=C1CCCCC1)c1ccc(N(c2ccc(C=C3CCCCC3)cc2)c2ccc(-c3cc(-c4ccc(N(c5ccc(C=C6CCCCC6)cc5)c5ccc(C=C6CCCCC6)cc5)cc4)cc(-c4ccc(N(c5ccc(C=C6CCCCC6)cc5)c5ccc(C=C6CCCCC6)cc5)cc4)c3)cc2)cc1. The molecule has 0 heterocycles. The Hall–Kier alpha value is -9.96. The van der Waals surface area contributed by atoms with E-state index in [1.165, 1.54) is 259 Å². The zero-order chi connectivity index (χ0) is 70.4. The van der Waals surface area contributed by atoms with Crippen LogP contribution in [0.3, 0.4) is 0 Å². The number of hydrogen-bond acceptors (Lipinski definition) is 3. The number of hydrogen-bond donors (Lipinski definition) is 0. The van der Waals surface area contributed by atoms with Crippen molar-refractivity contribution in [2.24, 2.45) is 0 Å². The lowest BCUT2D eigenvalue weighted by atomic mass is 9.92. The van der Waals surface area contributed by atoms with Gasteiger partial charge in [0, 0.05) is 51.2 Å². The molecule has 0 unspecified atom stereocenters. The van der Waals surface area contributed by atoms with Gasteiger partial charge in [-0.1, -0.05) is 218 Å². The summed E-state index contributed by atoms with van der Waals surface area (Å²) in [5.74, 6) is 0. The van der Waals surface area contributed by atoms with E-state index in [2.05, 4.69) is 288 Å². The van der Waals surface area contributed by atoms with Crippen molar-refractivity contribution in [3.05, 3.63) is 303 Å². The summed E-state index contributed by atoms with van der Waals surface area (Å²) >= 11 is 0. The maximum Gasteiger partial charge on any atom is 0.0462 e. The van der Waals surface area contributed by atoms with Crippen LogP contribution in [-0.2, 0) is 0 Å². The second-order valence-corrected chi connectivity index (χ2v) is 31.2. The van der Waals surface area contributed by atoms with Gasteiger partial charge in [-0.2, -0.15) is 0 Å². The highest BCUT2D eigenvalue weighted by Gasteiger charge is 2.21. The van der Waals surface area contributed by atoms with Crippen molar-refractivity contribution in [1.29, 1.82) is 0 Å². The van der Waals surface area contributed by atoms with Crippen LogP contribution in [0.1, 0.15) is 226 Å². The molecule has 0 bridgehead atoms. The molecule has 6 fully saturated rings. The molecule has 0 aromatic heterocycles. The number of allylic oxidation sites excluding steroid dienone is 6. The van der Waals surface area contributed by atoms with E-state index in [-0.39, 0.29) is 0 Å². The van der Waals surface area contributed by atoms with Crippen LogP contribution in [0.2, 0.25) is 0 Å². The predicted octanol–water partition coefficient (Wildman–Crippen LogP) is 31.2. The summed E-state index contributed by atoms with van der Waals surface area (Å²) in [7, 11) is 0. The summed E-state index contributed by atoms with van der Waals surface area (Å²) < 4.78 is 0.